The monoisotopic (exact) mass is 306 g/mol. The molecule has 0 bridgehead atoms. The van der Waals surface area contributed by atoms with Gasteiger partial charge in [0, 0.05) is 5.38 Å². The highest BCUT2D eigenvalue weighted by Crippen LogP contribution is 2.24. The van der Waals surface area contributed by atoms with Gasteiger partial charge in [-0.15, -0.1) is 0 Å². The van der Waals surface area contributed by atoms with Crippen molar-refractivity contribution in [2.45, 2.75) is 26.3 Å². The molecular formula is C10H15BrN2O2S. The summed E-state index contributed by atoms with van der Waals surface area (Å²) in [6.07, 6.45) is 0.719. The van der Waals surface area contributed by atoms with Crippen LogP contribution in [-0.4, -0.2) is 23.5 Å². The van der Waals surface area contributed by atoms with Crippen LogP contribution < -0.4 is 5.32 Å². The number of aromatic nitrogens is 1. The summed E-state index contributed by atoms with van der Waals surface area (Å²) in [7, 11) is 1.40. The minimum absolute atomic E-state index is 0.256. The summed E-state index contributed by atoms with van der Waals surface area (Å²) >= 11 is 4.70. The van der Waals surface area contributed by atoms with Crippen LogP contribution in [0.15, 0.2) is 9.85 Å². The molecule has 0 aliphatic heterocycles. The molecule has 0 fully saturated rings. The van der Waals surface area contributed by atoms with Crippen molar-refractivity contribution in [3.63, 3.8) is 0 Å². The number of carbonyl (C=O) groups excluding carboxylic acids is 1. The third kappa shape index (κ3) is 3.75. The lowest BCUT2D eigenvalue weighted by molar-refractivity contribution is -0.141. The van der Waals surface area contributed by atoms with E-state index in [1.54, 1.807) is 0 Å². The van der Waals surface area contributed by atoms with Gasteiger partial charge in [0.15, 0.2) is 5.82 Å². The maximum absolute atomic E-state index is 11.6. The molecule has 0 spiro atoms. The molecule has 1 N–H and O–H groups in total. The lowest BCUT2D eigenvalue weighted by atomic mass is 10.0. The smallest absolute Gasteiger partial charge is 0.328 e. The fourth-order valence-corrected chi connectivity index (χ4v) is 2.40. The number of rotatable bonds is 5. The molecule has 1 heterocycles. The number of hydrogen-bond donors (Lipinski definition) is 1. The summed E-state index contributed by atoms with van der Waals surface area (Å²) in [6, 6.07) is -0.344. The summed E-state index contributed by atoms with van der Waals surface area (Å²) in [5, 5.41) is 4.95. The van der Waals surface area contributed by atoms with Crippen molar-refractivity contribution in [3.05, 3.63) is 9.85 Å². The van der Waals surface area contributed by atoms with Gasteiger partial charge in [-0.1, -0.05) is 13.8 Å². The quantitative estimate of drug-likeness (QED) is 0.850. The van der Waals surface area contributed by atoms with Crippen LogP contribution in [0.3, 0.4) is 0 Å². The van der Waals surface area contributed by atoms with Crippen LogP contribution in [-0.2, 0) is 9.53 Å². The zero-order chi connectivity index (χ0) is 12.1. The third-order valence-corrected chi connectivity index (χ3v) is 3.57. The van der Waals surface area contributed by atoms with E-state index >= 15 is 0 Å². The molecule has 0 aromatic carbocycles. The molecule has 0 aliphatic carbocycles. The first-order valence-electron chi connectivity index (χ1n) is 4.98. The summed E-state index contributed by atoms with van der Waals surface area (Å²) in [4.78, 5) is 11.6. The number of nitrogens with zero attached hydrogens (tertiary/aromatic N) is 1. The number of hydrogen-bond acceptors (Lipinski definition) is 5. The first-order valence-corrected chi connectivity index (χ1v) is 6.61. The molecule has 4 nitrogen and oxygen atoms in total. The van der Waals surface area contributed by atoms with E-state index in [4.69, 9.17) is 4.74 Å². The second-order valence-corrected chi connectivity index (χ2v) is 5.34. The van der Waals surface area contributed by atoms with E-state index in [1.807, 2.05) is 5.38 Å². The Labute approximate surface area is 108 Å². The number of esters is 1. The molecule has 0 radical (unpaired) electrons. The van der Waals surface area contributed by atoms with E-state index in [0.717, 1.165) is 10.9 Å². The SMILES string of the molecule is COC(=O)[C@H](CC(C)C)Nc1nscc1Br. The van der Waals surface area contributed by atoms with Crippen molar-refractivity contribution in [2.24, 2.45) is 5.92 Å². The van der Waals surface area contributed by atoms with Crippen LogP contribution in [0.2, 0.25) is 0 Å². The maximum atomic E-state index is 11.6. The Kier molecular flexibility index (Phi) is 5.21. The predicted molar refractivity (Wildman–Crippen MR) is 68.7 cm³/mol. The number of methoxy groups -OCH3 is 1. The molecule has 0 saturated heterocycles. The minimum atomic E-state index is -0.344. The highest BCUT2D eigenvalue weighted by Gasteiger charge is 2.21. The Hall–Kier alpha value is -0.620. The third-order valence-electron chi connectivity index (χ3n) is 2.03. The van der Waals surface area contributed by atoms with E-state index in [0.29, 0.717) is 11.7 Å². The van der Waals surface area contributed by atoms with Gasteiger partial charge in [-0.25, -0.2) is 4.79 Å². The number of carbonyl (C=O) groups is 1. The highest BCUT2D eigenvalue weighted by molar-refractivity contribution is 9.10. The molecule has 1 aromatic heterocycles. The van der Waals surface area contributed by atoms with Crippen molar-refractivity contribution in [2.75, 3.05) is 12.4 Å². The predicted octanol–water partition coefficient (Wildman–Crippen LogP) is 2.91. The molecule has 1 atom stereocenters. The summed E-state index contributed by atoms with van der Waals surface area (Å²) < 4.78 is 9.79. The van der Waals surface area contributed by atoms with Crippen molar-refractivity contribution >= 4 is 39.2 Å². The first-order chi connectivity index (χ1) is 7.54. The normalized spacial score (nSPS) is 12.6. The molecule has 90 valence electrons. The molecule has 16 heavy (non-hydrogen) atoms. The molecule has 0 amide bonds. The van der Waals surface area contributed by atoms with Crippen LogP contribution >= 0.6 is 27.5 Å². The van der Waals surface area contributed by atoms with E-state index in [-0.39, 0.29) is 12.0 Å². The molecule has 0 saturated carbocycles. The van der Waals surface area contributed by atoms with Gasteiger partial charge in [-0.2, -0.15) is 4.37 Å². The van der Waals surface area contributed by atoms with Gasteiger partial charge in [0.1, 0.15) is 6.04 Å². The standard InChI is InChI=1S/C10H15BrN2O2S/c1-6(2)4-8(10(14)15-3)12-9-7(11)5-16-13-9/h5-6,8H,4H2,1-3H3,(H,12,13)/t8-/m0/s1. The van der Waals surface area contributed by atoms with Gasteiger partial charge >= 0.3 is 5.97 Å². The Balaban J connectivity index is 2.70. The number of anilines is 1. The van der Waals surface area contributed by atoms with Crippen molar-refractivity contribution in [3.8, 4) is 0 Å². The topological polar surface area (TPSA) is 51.2 Å². The van der Waals surface area contributed by atoms with E-state index in [9.17, 15) is 4.79 Å². The van der Waals surface area contributed by atoms with Gasteiger partial charge in [0.25, 0.3) is 0 Å². The van der Waals surface area contributed by atoms with Crippen LogP contribution in [0.1, 0.15) is 20.3 Å². The summed E-state index contributed by atoms with van der Waals surface area (Å²) in [5.74, 6) is 0.851. The van der Waals surface area contributed by atoms with Crippen molar-refractivity contribution in [1.82, 2.24) is 4.37 Å². The Morgan fingerprint density at radius 2 is 2.38 bits per heavy atom. The molecular weight excluding hydrogens is 292 g/mol. The minimum Gasteiger partial charge on any atom is -0.467 e. The second kappa shape index (κ2) is 6.20. The van der Waals surface area contributed by atoms with Gasteiger partial charge < -0.3 is 10.1 Å². The van der Waals surface area contributed by atoms with Gasteiger partial charge in [-0.05, 0) is 39.8 Å². The number of nitrogens with one attached hydrogen (secondary N) is 1. The van der Waals surface area contributed by atoms with Crippen molar-refractivity contribution < 1.29 is 9.53 Å². The summed E-state index contributed by atoms with van der Waals surface area (Å²) in [5.41, 5.74) is 0. The molecule has 6 heteroatoms. The van der Waals surface area contributed by atoms with Crippen LogP contribution in [0, 0.1) is 5.92 Å². The van der Waals surface area contributed by atoms with Crippen LogP contribution in [0.25, 0.3) is 0 Å². The average Bonchev–Trinajstić information content (AvgIpc) is 2.61. The van der Waals surface area contributed by atoms with Crippen LogP contribution in [0.5, 0.6) is 0 Å². The first kappa shape index (κ1) is 13.4. The van der Waals surface area contributed by atoms with Crippen molar-refractivity contribution in [1.29, 1.82) is 0 Å². The largest absolute Gasteiger partial charge is 0.467 e. The second-order valence-electron chi connectivity index (χ2n) is 3.86. The van der Waals surface area contributed by atoms with E-state index in [1.165, 1.54) is 18.6 Å². The molecule has 1 rings (SSSR count). The fourth-order valence-electron chi connectivity index (χ4n) is 1.31. The zero-order valence-corrected chi connectivity index (χ0v) is 11.9. The molecule has 0 unspecified atom stereocenters. The number of ether oxygens (including phenoxy) is 1. The molecule has 1 aromatic rings. The number of halogens is 1. The molecule has 0 aliphatic rings. The van der Waals surface area contributed by atoms with Gasteiger partial charge in [-0.3, -0.25) is 0 Å². The fraction of sp³-hybridized carbons (Fsp3) is 0.600. The van der Waals surface area contributed by atoms with E-state index < -0.39 is 0 Å². The zero-order valence-electron chi connectivity index (χ0n) is 9.49. The average molecular weight is 307 g/mol. The lowest BCUT2D eigenvalue weighted by Gasteiger charge is -2.18. The highest BCUT2D eigenvalue weighted by atomic mass is 79.9. The van der Waals surface area contributed by atoms with Crippen LogP contribution in [0.4, 0.5) is 5.82 Å². The lowest BCUT2D eigenvalue weighted by Crippen LogP contribution is -2.32. The summed E-state index contributed by atoms with van der Waals surface area (Å²) in [6.45, 7) is 4.13. The Morgan fingerprint density at radius 3 is 2.81 bits per heavy atom. The van der Waals surface area contributed by atoms with E-state index in [2.05, 4.69) is 39.5 Å². The Bertz CT molecular complexity index is 354. The maximum Gasteiger partial charge on any atom is 0.328 e. The Morgan fingerprint density at radius 1 is 1.69 bits per heavy atom. The van der Waals surface area contributed by atoms with Gasteiger partial charge in [0.05, 0.1) is 11.6 Å². The van der Waals surface area contributed by atoms with Gasteiger partial charge in [0.2, 0.25) is 0 Å².